The maximum absolute atomic E-state index is 12.2. The van der Waals surface area contributed by atoms with Crippen molar-refractivity contribution in [3.63, 3.8) is 0 Å². The number of halogens is 1. The van der Waals surface area contributed by atoms with Gasteiger partial charge in [-0.15, -0.1) is 0 Å². The summed E-state index contributed by atoms with van der Waals surface area (Å²) in [6.07, 6.45) is 0. The van der Waals surface area contributed by atoms with Gasteiger partial charge in [-0.2, -0.15) is 0 Å². The topological polar surface area (TPSA) is 72.2 Å². The molecule has 0 aliphatic carbocycles. The Morgan fingerprint density at radius 2 is 1.86 bits per heavy atom. The maximum Gasteiger partial charge on any atom is 0.240 e. The molecule has 0 aromatic heterocycles. The molecule has 1 unspecified atom stereocenters. The lowest BCUT2D eigenvalue weighted by Crippen LogP contribution is -2.23. The average molecular weight is 369 g/mol. The van der Waals surface area contributed by atoms with Crippen molar-refractivity contribution in [3.8, 4) is 0 Å². The van der Waals surface area contributed by atoms with Crippen molar-refractivity contribution in [1.29, 1.82) is 0 Å². The number of benzene rings is 2. The van der Waals surface area contributed by atoms with Gasteiger partial charge in [-0.1, -0.05) is 40.2 Å². The lowest BCUT2D eigenvalue weighted by atomic mass is 10.1. The van der Waals surface area contributed by atoms with Crippen LogP contribution in [-0.4, -0.2) is 8.42 Å². The van der Waals surface area contributed by atoms with Crippen LogP contribution in [-0.2, 0) is 16.6 Å². The molecule has 3 N–H and O–H groups in total. The molecule has 0 fully saturated rings. The number of rotatable bonds is 5. The molecule has 6 heteroatoms. The van der Waals surface area contributed by atoms with Gasteiger partial charge in [0, 0.05) is 17.1 Å². The molecule has 0 aliphatic heterocycles. The van der Waals surface area contributed by atoms with Crippen molar-refractivity contribution < 1.29 is 8.42 Å². The number of sulfonamides is 1. The van der Waals surface area contributed by atoms with E-state index in [2.05, 4.69) is 20.7 Å². The first kappa shape index (κ1) is 16.2. The van der Waals surface area contributed by atoms with Crippen molar-refractivity contribution >= 4 is 26.0 Å². The highest BCUT2D eigenvalue weighted by Crippen LogP contribution is 2.16. The summed E-state index contributed by atoms with van der Waals surface area (Å²) < 4.78 is 27.9. The van der Waals surface area contributed by atoms with Gasteiger partial charge in [0.2, 0.25) is 10.0 Å². The van der Waals surface area contributed by atoms with Gasteiger partial charge in [0.05, 0.1) is 4.90 Å². The van der Waals surface area contributed by atoms with Gasteiger partial charge >= 0.3 is 0 Å². The van der Waals surface area contributed by atoms with Crippen molar-refractivity contribution in [3.05, 3.63) is 64.1 Å². The average Bonchev–Trinajstić information content (AvgIpc) is 2.45. The summed E-state index contributed by atoms with van der Waals surface area (Å²) >= 11 is 3.36. The van der Waals surface area contributed by atoms with E-state index in [4.69, 9.17) is 5.73 Å². The molecule has 0 amide bonds. The monoisotopic (exact) mass is 368 g/mol. The molecule has 2 aromatic rings. The Balaban J connectivity index is 2.11. The summed E-state index contributed by atoms with van der Waals surface area (Å²) in [6, 6.07) is 14.0. The summed E-state index contributed by atoms with van der Waals surface area (Å²) in [5, 5.41) is 0. The highest BCUT2D eigenvalue weighted by molar-refractivity contribution is 9.10. The summed E-state index contributed by atoms with van der Waals surface area (Å²) in [7, 11) is -3.52. The second-order valence-corrected chi connectivity index (χ2v) is 7.49. The zero-order chi connectivity index (χ0) is 15.5. The van der Waals surface area contributed by atoms with E-state index in [-0.39, 0.29) is 17.5 Å². The Labute approximate surface area is 133 Å². The largest absolute Gasteiger partial charge is 0.324 e. The molecule has 0 radical (unpaired) electrons. The van der Waals surface area contributed by atoms with Crippen LogP contribution in [0.15, 0.2) is 57.9 Å². The van der Waals surface area contributed by atoms with Gasteiger partial charge in [0.15, 0.2) is 0 Å². The highest BCUT2D eigenvalue weighted by atomic mass is 79.9. The number of hydrogen-bond acceptors (Lipinski definition) is 3. The quantitative estimate of drug-likeness (QED) is 0.851. The predicted molar refractivity (Wildman–Crippen MR) is 87.2 cm³/mol. The van der Waals surface area contributed by atoms with Crippen molar-refractivity contribution in [1.82, 2.24) is 4.72 Å². The van der Waals surface area contributed by atoms with E-state index < -0.39 is 10.0 Å². The summed E-state index contributed by atoms with van der Waals surface area (Å²) in [5.41, 5.74) is 7.54. The molecule has 2 rings (SSSR count). The zero-order valence-corrected chi connectivity index (χ0v) is 14.0. The molecule has 0 bridgehead atoms. The van der Waals surface area contributed by atoms with E-state index in [1.54, 1.807) is 24.3 Å². The molecule has 0 saturated heterocycles. The third-order valence-electron chi connectivity index (χ3n) is 3.07. The molecule has 2 aromatic carbocycles. The standard InChI is InChI=1S/C15H17BrN2O2S/c1-11(17)13-5-7-15(8-6-13)21(19,20)18-10-12-3-2-4-14(16)9-12/h2-9,11,18H,10,17H2,1H3. The molecule has 0 saturated carbocycles. The van der Waals surface area contributed by atoms with Crippen LogP contribution in [0.5, 0.6) is 0 Å². The highest BCUT2D eigenvalue weighted by Gasteiger charge is 2.14. The van der Waals surface area contributed by atoms with Gasteiger partial charge in [-0.05, 0) is 42.3 Å². The van der Waals surface area contributed by atoms with Crippen LogP contribution in [0.2, 0.25) is 0 Å². The second-order valence-electron chi connectivity index (χ2n) is 4.81. The molecule has 0 spiro atoms. The maximum atomic E-state index is 12.2. The Kier molecular flexibility index (Phi) is 5.16. The first-order valence-electron chi connectivity index (χ1n) is 6.48. The minimum absolute atomic E-state index is 0.114. The Bertz CT molecular complexity index is 713. The fraction of sp³-hybridized carbons (Fsp3) is 0.200. The van der Waals surface area contributed by atoms with Crippen LogP contribution < -0.4 is 10.5 Å². The Morgan fingerprint density at radius 1 is 1.19 bits per heavy atom. The number of nitrogens with two attached hydrogens (primary N) is 1. The minimum Gasteiger partial charge on any atom is -0.324 e. The second kappa shape index (κ2) is 6.70. The van der Waals surface area contributed by atoms with E-state index in [0.29, 0.717) is 0 Å². The zero-order valence-electron chi connectivity index (χ0n) is 11.6. The van der Waals surface area contributed by atoms with E-state index >= 15 is 0 Å². The third-order valence-corrected chi connectivity index (χ3v) is 4.98. The predicted octanol–water partition coefficient (Wildman–Crippen LogP) is 2.95. The van der Waals surface area contributed by atoms with Crippen molar-refractivity contribution in [2.24, 2.45) is 5.73 Å². The molecule has 112 valence electrons. The van der Waals surface area contributed by atoms with Crippen LogP contribution >= 0.6 is 15.9 Å². The van der Waals surface area contributed by atoms with Gasteiger partial charge in [0.25, 0.3) is 0 Å². The number of nitrogens with one attached hydrogen (secondary N) is 1. The molecule has 1 atom stereocenters. The lowest BCUT2D eigenvalue weighted by molar-refractivity contribution is 0.581. The van der Waals surface area contributed by atoms with E-state index in [1.165, 1.54) is 0 Å². The van der Waals surface area contributed by atoms with Gasteiger partial charge in [0.1, 0.15) is 0 Å². The molecule has 4 nitrogen and oxygen atoms in total. The van der Waals surface area contributed by atoms with E-state index in [0.717, 1.165) is 15.6 Å². The molecule has 21 heavy (non-hydrogen) atoms. The molecule has 0 heterocycles. The SMILES string of the molecule is CC(N)c1ccc(S(=O)(=O)NCc2cccc(Br)c2)cc1. The molecular weight excluding hydrogens is 352 g/mol. The fourth-order valence-corrected chi connectivity index (χ4v) is 3.32. The van der Waals surface area contributed by atoms with Crippen LogP contribution in [0, 0.1) is 0 Å². The van der Waals surface area contributed by atoms with E-state index in [1.807, 2.05) is 31.2 Å². The lowest BCUT2D eigenvalue weighted by Gasteiger charge is -2.09. The Morgan fingerprint density at radius 3 is 2.43 bits per heavy atom. The molecular formula is C15H17BrN2O2S. The van der Waals surface area contributed by atoms with Crippen LogP contribution in [0.4, 0.5) is 0 Å². The van der Waals surface area contributed by atoms with Gasteiger partial charge in [-0.25, -0.2) is 13.1 Å². The van der Waals surface area contributed by atoms with Gasteiger partial charge < -0.3 is 5.73 Å². The van der Waals surface area contributed by atoms with Crippen LogP contribution in [0.25, 0.3) is 0 Å². The van der Waals surface area contributed by atoms with Crippen LogP contribution in [0.1, 0.15) is 24.1 Å². The molecule has 0 aliphatic rings. The normalized spacial score (nSPS) is 13.1. The van der Waals surface area contributed by atoms with Gasteiger partial charge in [-0.3, -0.25) is 0 Å². The summed E-state index contributed by atoms with van der Waals surface area (Å²) in [5.74, 6) is 0. The smallest absolute Gasteiger partial charge is 0.240 e. The number of hydrogen-bond donors (Lipinski definition) is 2. The third kappa shape index (κ3) is 4.38. The first-order chi connectivity index (χ1) is 9.88. The van der Waals surface area contributed by atoms with E-state index in [9.17, 15) is 8.42 Å². The van der Waals surface area contributed by atoms with Crippen LogP contribution in [0.3, 0.4) is 0 Å². The fourth-order valence-electron chi connectivity index (χ4n) is 1.86. The summed E-state index contributed by atoms with van der Waals surface area (Å²) in [6.45, 7) is 2.10. The minimum atomic E-state index is -3.52. The Hall–Kier alpha value is -1.21. The van der Waals surface area contributed by atoms with Crippen molar-refractivity contribution in [2.75, 3.05) is 0 Å². The van der Waals surface area contributed by atoms with Crippen molar-refractivity contribution in [2.45, 2.75) is 24.4 Å². The first-order valence-corrected chi connectivity index (χ1v) is 8.76. The summed E-state index contributed by atoms with van der Waals surface area (Å²) in [4.78, 5) is 0.238.